The molecule has 2 aliphatic rings. The molecule has 5 nitrogen and oxygen atoms in total. The molecule has 0 aromatic heterocycles. The van der Waals surface area contributed by atoms with E-state index in [1.54, 1.807) is 6.07 Å². The number of hydrogen-bond acceptors (Lipinski definition) is 4. The van der Waals surface area contributed by atoms with Crippen LogP contribution in [0.25, 0.3) is 0 Å². The minimum Gasteiger partial charge on any atom is -0.378 e. The van der Waals surface area contributed by atoms with Gasteiger partial charge >= 0.3 is 6.18 Å². The van der Waals surface area contributed by atoms with Gasteiger partial charge in [0.15, 0.2) is 0 Å². The second-order valence-corrected chi connectivity index (χ2v) is 6.16. The number of alkyl halides is 3. The van der Waals surface area contributed by atoms with Gasteiger partial charge in [0.2, 0.25) is 5.91 Å². The van der Waals surface area contributed by atoms with Gasteiger partial charge in [-0.1, -0.05) is 6.07 Å². The van der Waals surface area contributed by atoms with E-state index in [4.69, 9.17) is 9.47 Å². The van der Waals surface area contributed by atoms with E-state index in [-0.39, 0.29) is 18.0 Å². The van der Waals surface area contributed by atoms with Gasteiger partial charge in [-0.25, -0.2) is 0 Å². The molecular formula is C17H21F3N2O3. The summed E-state index contributed by atoms with van der Waals surface area (Å²) in [5, 5.41) is 2.55. The zero-order valence-corrected chi connectivity index (χ0v) is 13.8. The van der Waals surface area contributed by atoms with Crippen LogP contribution in [0.3, 0.4) is 0 Å². The van der Waals surface area contributed by atoms with Gasteiger partial charge in [-0.3, -0.25) is 4.79 Å². The van der Waals surface area contributed by atoms with Crippen LogP contribution in [0.15, 0.2) is 18.2 Å². The van der Waals surface area contributed by atoms with Gasteiger partial charge in [-0.15, -0.1) is 0 Å². The lowest BCUT2D eigenvalue weighted by Gasteiger charge is -2.29. The Kier molecular flexibility index (Phi) is 5.48. The molecule has 0 unspecified atom stereocenters. The first kappa shape index (κ1) is 18.0. The van der Waals surface area contributed by atoms with Crippen molar-refractivity contribution in [2.45, 2.75) is 31.7 Å². The van der Waals surface area contributed by atoms with Gasteiger partial charge in [0.1, 0.15) is 6.10 Å². The quantitative estimate of drug-likeness (QED) is 0.898. The van der Waals surface area contributed by atoms with E-state index in [0.29, 0.717) is 45.0 Å². The number of carbonyl (C=O) groups excluding carboxylic acids is 1. The molecule has 3 rings (SSSR count). The predicted octanol–water partition coefficient (Wildman–Crippen LogP) is 2.34. The summed E-state index contributed by atoms with van der Waals surface area (Å²) in [6, 6.07) is 4.25. The highest BCUT2D eigenvalue weighted by Crippen LogP contribution is 2.35. The summed E-state index contributed by atoms with van der Waals surface area (Å²) in [5.74, 6) is -0.358. The number of halogens is 3. The summed E-state index contributed by atoms with van der Waals surface area (Å²) in [7, 11) is 0. The largest absolute Gasteiger partial charge is 0.416 e. The lowest BCUT2D eigenvalue weighted by Crippen LogP contribution is -2.36. The monoisotopic (exact) mass is 358 g/mol. The van der Waals surface area contributed by atoms with Gasteiger partial charge in [-0.05, 0) is 30.5 Å². The minimum atomic E-state index is -4.48. The van der Waals surface area contributed by atoms with E-state index in [1.807, 2.05) is 4.90 Å². The third-order valence-corrected chi connectivity index (χ3v) is 4.45. The molecule has 8 heteroatoms. The number of amides is 1. The van der Waals surface area contributed by atoms with Crippen LogP contribution >= 0.6 is 0 Å². The van der Waals surface area contributed by atoms with Crippen molar-refractivity contribution in [2.24, 2.45) is 0 Å². The van der Waals surface area contributed by atoms with Crippen LogP contribution in [0.2, 0.25) is 0 Å². The van der Waals surface area contributed by atoms with Gasteiger partial charge < -0.3 is 19.7 Å². The fourth-order valence-electron chi connectivity index (χ4n) is 3.08. The van der Waals surface area contributed by atoms with Crippen LogP contribution in [0, 0.1) is 0 Å². The maximum atomic E-state index is 13.4. The Labute approximate surface area is 144 Å². The molecular weight excluding hydrogens is 337 g/mol. The van der Waals surface area contributed by atoms with Gasteiger partial charge in [0.05, 0.1) is 18.8 Å². The smallest absolute Gasteiger partial charge is 0.378 e. The average Bonchev–Trinajstić information content (AvgIpc) is 3.14. The van der Waals surface area contributed by atoms with E-state index >= 15 is 0 Å². The van der Waals surface area contributed by atoms with Crippen molar-refractivity contribution in [1.82, 2.24) is 5.32 Å². The molecule has 25 heavy (non-hydrogen) atoms. The van der Waals surface area contributed by atoms with Crippen LogP contribution < -0.4 is 10.2 Å². The van der Waals surface area contributed by atoms with Gasteiger partial charge in [0.25, 0.3) is 0 Å². The fourth-order valence-corrected chi connectivity index (χ4v) is 3.08. The summed E-state index contributed by atoms with van der Waals surface area (Å²) < 4.78 is 50.8. The summed E-state index contributed by atoms with van der Waals surface area (Å²) in [5.41, 5.74) is -0.148. The minimum absolute atomic E-state index is 0.0517. The first-order chi connectivity index (χ1) is 11.9. The van der Waals surface area contributed by atoms with E-state index in [1.165, 1.54) is 6.07 Å². The molecule has 0 aliphatic carbocycles. The zero-order valence-electron chi connectivity index (χ0n) is 13.8. The average molecular weight is 358 g/mol. The third-order valence-electron chi connectivity index (χ3n) is 4.45. The topological polar surface area (TPSA) is 50.8 Å². The van der Waals surface area contributed by atoms with E-state index in [2.05, 4.69) is 5.32 Å². The Hall–Kier alpha value is -1.80. The van der Waals surface area contributed by atoms with Crippen molar-refractivity contribution in [1.29, 1.82) is 0 Å². The maximum absolute atomic E-state index is 13.4. The number of anilines is 1. The summed E-state index contributed by atoms with van der Waals surface area (Å²) in [6.07, 6.45) is -3.64. The molecule has 2 heterocycles. The molecule has 2 aliphatic heterocycles. The first-order valence-corrected chi connectivity index (χ1v) is 8.37. The number of hydrogen-bond donors (Lipinski definition) is 1. The zero-order chi connectivity index (χ0) is 17.9. The lowest BCUT2D eigenvalue weighted by molar-refractivity contribution is -0.138. The van der Waals surface area contributed by atoms with Crippen molar-refractivity contribution in [3.05, 3.63) is 29.3 Å². The highest BCUT2D eigenvalue weighted by molar-refractivity contribution is 5.81. The van der Waals surface area contributed by atoms with Crippen LogP contribution in [0.1, 0.15) is 24.0 Å². The second kappa shape index (κ2) is 7.61. The number of benzene rings is 1. The number of morpholine rings is 1. The van der Waals surface area contributed by atoms with Crippen LogP contribution in [-0.2, 0) is 27.0 Å². The van der Waals surface area contributed by atoms with E-state index in [0.717, 1.165) is 12.5 Å². The van der Waals surface area contributed by atoms with Crippen molar-refractivity contribution >= 4 is 11.6 Å². The van der Waals surface area contributed by atoms with Crippen LogP contribution in [0.5, 0.6) is 0 Å². The van der Waals surface area contributed by atoms with Gasteiger partial charge in [-0.2, -0.15) is 13.2 Å². The Morgan fingerprint density at radius 1 is 1.24 bits per heavy atom. The molecule has 2 fully saturated rings. The standard InChI is InChI=1S/C17H21F3N2O3/c18-17(19,20)14-10-13(22-5-8-24-9-6-22)4-3-12(14)11-21-16(23)15-2-1-7-25-15/h3-4,10,15H,1-2,5-9,11H2,(H,21,23)/t15-/m0/s1. The Balaban J connectivity index is 1.74. The Bertz CT molecular complexity index is 610. The normalized spacial score (nSPS) is 21.4. The molecule has 1 amide bonds. The Morgan fingerprint density at radius 3 is 2.64 bits per heavy atom. The molecule has 1 N–H and O–H groups in total. The lowest BCUT2D eigenvalue weighted by atomic mass is 10.0. The summed E-state index contributed by atoms with van der Waals surface area (Å²) in [6.45, 7) is 2.47. The van der Waals surface area contributed by atoms with Crippen LogP contribution in [-0.4, -0.2) is 44.9 Å². The number of nitrogens with zero attached hydrogens (tertiary/aromatic N) is 1. The van der Waals surface area contributed by atoms with Crippen molar-refractivity contribution in [3.8, 4) is 0 Å². The Morgan fingerprint density at radius 2 is 2.00 bits per heavy atom. The molecule has 2 saturated heterocycles. The molecule has 138 valence electrons. The third kappa shape index (κ3) is 4.43. The highest BCUT2D eigenvalue weighted by Gasteiger charge is 2.34. The van der Waals surface area contributed by atoms with Gasteiger partial charge in [0, 0.05) is 31.9 Å². The van der Waals surface area contributed by atoms with Crippen molar-refractivity contribution < 1.29 is 27.4 Å². The number of nitrogens with one attached hydrogen (secondary N) is 1. The second-order valence-electron chi connectivity index (χ2n) is 6.16. The van der Waals surface area contributed by atoms with E-state index < -0.39 is 17.8 Å². The highest BCUT2D eigenvalue weighted by atomic mass is 19.4. The number of ether oxygens (including phenoxy) is 2. The summed E-state index contributed by atoms with van der Waals surface area (Å²) in [4.78, 5) is 13.8. The molecule has 1 aromatic rings. The first-order valence-electron chi connectivity index (χ1n) is 8.37. The molecule has 1 aromatic carbocycles. The molecule has 0 spiro atoms. The molecule has 0 bridgehead atoms. The van der Waals surface area contributed by atoms with Crippen molar-refractivity contribution in [3.63, 3.8) is 0 Å². The molecule has 0 saturated carbocycles. The molecule has 1 atom stereocenters. The van der Waals surface area contributed by atoms with Crippen molar-refractivity contribution in [2.75, 3.05) is 37.8 Å². The molecule has 0 radical (unpaired) electrons. The fraction of sp³-hybridized carbons (Fsp3) is 0.588. The van der Waals surface area contributed by atoms with Crippen LogP contribution in [0.4, 0.5) is 18.9 Å². The summed E-state index contributed by atoms with van der Waals surface area (Å²) >= 11 is 0. The number of carbonyl (C=O) groups is 1. The maximum Gasteiger partial charge on any atom is 0.416 e. The predicted molar refractivity (Wildman–Crippen MR) is 85.3 cm³/mol. The number of rotatable bonds is 4. The van der Waals surface area contributed by atoms with E-state index in [9.17, 15) is 18.0 Å². The SMILES string of the molecule is O=C(NCc1ccc(N2CCOCC2)cc1C(F)(F)F)[C@@H]1CCCO1.